The highest BCUT2D eigenvalue weighted by molar-refractivity contribution is 6.22. The number of hydrogen-bond acceptors (Lipinski definition) is 3. The van der Waals surface area contributed by atoms with Gasteiger partial charge in [0.15, 0.2) is 0 Å². The second-order valence-electron chi connectivity index (χ2n) is 7.61. The van der Waals surface area contributed by atoms with Gasteiger partial charge in [-0.1, -0.05) is 43.2 Å². The Balaban J connectivity index is 1.36. The van der Waals surface area contributed by atoms with Crippen LogP contribution in [0.3, 0.4) is 0 Å². The highest BCUT2D eigenvalue weighted by atomic mass is 16.5. The Bertz CT molecular complexity index is 1030. The molecule has 1 aliphatic carbocycles. The molecule has 2 atom stereocenters. The third kappa shape index (κ3) is 2.85. The summed E-state index contributed by atoms with van der Waals surface area (Å²) >= 11 is 0. The van der Waals surface area contributed by atoms with Crippen LogP contribution in [0.25, 0.3) is 10.8 Å². The van der Waals surface area contributed by atoms with Crippen molar-refractivity contribution in [3.05, 3.63) is 66.7 Å². The van der Waals surface area contributed by atoms with Gasteiger partial charge in [0, 0.05) is 0 Å². The smallest absolute Gasteiger partial charge is 0.237 e. The van der Waals surface area contributed by atoms with E-state index in [2.05, 4.69) is 12.1 Å². The lowest BCUT2D eigenvalue weighted by atomic mass is 9.81. The Morgan fingerprint density at radius 1 is 0.714 bits per heavy atom. The molecule has 0 aromatic heterocycles. The fourth-order valence-corrected chi connectivity index (χ4v) is 4.45. The Morgan fingerprint density at radius 3 is 2.00 bits per heavy atom. The van der Waals surface area contributed by atoms with Crippen LogP contribution in [0.4, 0.5) is 5.69 Å². The normalized spacial score (nSPS) is 21.8. The standard InChI is InChI=1S/C24H21NO3/c26-23-21-7-3-4-8-22(21)24(27)25(23)18-10-13-19(14-11-18)28-20-12-9-16-5-1-2-6-17(16)15-20/h1-2,5-6,9-15,21-22H,3-4,7-8H2. The molecule has 2 amide bonds. The molecule has 2 fully saturated rings. The van der Waals surface area contributed by atoms with Crippen molar-refractivity contribution >= 4 is 28.3 Å². The average molecular weight is 371 g/mol. The molecular weight excluding hydrogens is 350 g/mol. The summed E-state index contributed by atoms with van der Waals surface area (Å²) in [6.07, 6.45) is 3.73. The number of carbonyl (C=O) groups is 2. The fraction of sp³-hybridized carbons (Fsp3) is 0.250. The molecule has 28 heavy (non-hydrogen) atoms. The summed E-state index contributed by atoms with van der Waals surface area (Å²) in [4.78, 5) is 26.8. The van der Waals surface area contributed by atoms with Crippen molar-refractivity contribution in [3.8, 4) is 11.5 Å². The lowest BCUT2D eigenvalue weighted by Crippen LogP contribution is -2.30. The summed E-state index contributed by atoms with van der Waals surface area (Å²) < 4.78 is 5.96. The number of anilines is 1. The number of benzene rings is 3. The van der Waals surface area contributed by atoms with Gasteiger partial charge in [-0.2, -0.15) is 0 Å². The number of carbonyl (C=O) groups excluding carboxylic acids is 2. The first-order valence-corrected chi connectivity index (χ1v) is 9.85. The van der Waals surface area contributed by atoms with Crippen molar-refractivity contribution in [2.24, 2.45) is 11.8 Å². The van der Waals surface area contributed by atoms with Gasteiger partial charge < -0.3 is 4.74 Å². The number of amides is 2. The van der Waals surface area contributed by atoms with Gasteiger partial charge in [-0.25, -0.2) is 0 Å². The molecule has 4 heteroatoms. The second kappa shape index (κ2) is 6.79. The minimum absolute atomic E-state index is 0.0436. The molecule has 2 unspecified atom stereocenters. The Hall–Kier alpha value is -3.14. The molecule has 5 rings (SSSR count). The van der Waals surface area contributed by atoms with Crippen LogP contribution in [-0.2, 0) is 9.59 Å². The summed E-state index contributed by atoms with van der Waals surface area (Å²) in [6, 6.07) is 21.3. The first kappa shape index (κ1) is 17.0. The molecule has 140 valence electrons. The topological polar surface area (TPSA) is 46.6 Å². The molecule has 0 spiro atoms. The van der Waals surface area contributed by atoms with E-state index in [0.717, 1.165) is 42.2 Å². The molecule has 0 radical (unpaired) electrons. The summed E-state index contributed by atoms with van der Waals surface area (Å²) in [7, 11) is 0. The van der Waals surface area contributed by atoms with Gasteiger partial charge in [0.05, 0.1) is 17.5 Å². The van der Waals surface area contributed by atoms with E-state index in [1.165, 1.54) is 4.90 Å². The molecule has 1 saturated carbocycles. The van der Waals surface area contributed by atoms with Crippen molar-refractivity contribution in [2.45, 2.75) is 25.7 Å². The van der Waals surface area contributed by atoms with Crippen LogP contribution in [0.5, 0.6) is 11.5 Å². The van der Waals surface area contributed by atoms with Gasteiger partial charge >= 0.3 is 0 Å². The molecule has 2 aliphatic rings. The molecule has 4 nitrogen and oxygen atoms in total. The zero-order valence-electron chi connectivity index (χ0n) is 15.5. The van der Waals surface area contributed by atoms with Gasteiger partial charge in [-0.05, 0) is 60.0 Å². The van der Waals surface area contributed by atoms with E-state index in [4.69, 9.17) is 4.74 Å². The van der Waals surface area contributed by atoms with E-state index >= 15 is 0 Å². The molecule has 3 aromatic carbocycles. The third-order valence-electron chi connectivity index (χ3n) is 5.89. The largest absolute Gasteiger partial charge is 0.457 e. The quantitative estimate of drug-likeness (QED) is 0.586. The van der Waals surface area contributed by atoms with Gasteiger partial charge in [0.2, 0.25) is 11.8 Å². The van der Waals surface area contributed by atoms with Crippen LogP contribution >= 0.6 is 0 Å². The maximum atomic E-state index is 12.7. The summed E-state index contributed by atoms with van der Waals surface area (Å²) in [5, 5.41) is 2.28. The molecule has 3 aromatic rings. The van der Waals surface area contributed by atoms with Gasteiger partial charge in [0.25, 0.3) is 0 Å². The van der Waals surface area contributed by atoms with Crippen molar-refractivity contribution < 1.29 is 14.3 Å². The fourth-order valence-electron chi connectivity index (χ4n) is 4.45. The van der Waals surface area contributed by atoms with Gasteiger partial charge in [-0.15, -0.1) is 0 Å². The molecule has 1 heterocycles. The predicted octanol–water partition coefficient (Wildman–Crippen LogP) is 5.31. The number of nitrogens with zero attached hydrogens (tertiary/aromatic N) is 1. The molecule has 0 bridgehead atoms. The Labute approximate surface area is 163 Å². The van der Waals surface area contributed by atoms with Crippen molar-refractivity contribution in [3.63, 3.8) is 0 Å². The lowest BCUT2D eigenvalue weighted by Gasteiger charge is -2.19. The number of imide groups is 1. The Morgan fingerprint density at radius 2 is 1.32 bits per heavy atom. The van der Waals surface area contributed by atoms with Crippen LogP contribution in [0.2, 0.25) is 0 Å². The van der Waals surface area contributed by atoms with E-state index in [-0.39, 0.29) is 23.7 Å². The SMILES string of the molecule is O=C1C2CCCCC2C(=O)N1c1ccc(Oc2ccc3ccccc3c2)cc1. The third-order valence-corrected chi connectivity index (χ3v) is 5.89. The molecule has 1 saturated heterocycles. The van der Waals surface area contributed by atoms with Crippen LogP contribution in [-0.4, -0.2) is 11.8 Å². The predicted molar refractivity (Wildman–Crippen MR) is 108 cm³/mol. The van der Waals surface area contributed by atoms with Crippen LogP contribution in [0.15, 0.2) is 66.7 Å². The Kier molecular flexibility index (Phi) is 4.12. The van der Waals surface area contributed by atoms with E-state index in [1.807, 2.05) is 42.5 Å². The number of hydrogen-bond donors (Lipinski definition) is 0. The highest BCUT2D eigenvalue weighted by Crippen LogP contribution is 2.40. The van der Waals surface area contributed by atoms with E-state index in [0.29, 0.717) is 11.4 Å². The minimum atomic E-state index is -0.130. The van der Waals surface area contributed by atoms with Crippen LogP contribution in [0, 0.1) is 11.8 Å². The summed E-state index contributed by atoms with van der Waals surface area (Å²) in [6.45, 7) is 0. The zero-order valence-corrected chi connectivity index (χ0v) is 15.5. The van der Waals surface area contributed by atoms with Crippen molar-refractivity contribution in [1.29, 1.82) is 0 Å². The molecule has 0 N–H and O–H groups in total. The molecule has 1 aliphatic heterocycles. The summed E-state index contributed by atoms with van der Waals surface area (Å²) in [5.74, 6) is 1.08. The maximum absolute atomic E-state index is 12.7. The minimum Gasteiger partial charge on any atom is -0.457 e. The van der Waals surface area contributed by atoms with Gasteiger partial charge in [0.1, 0.15) is 11.5 Å². The number of fused-ring (bicyclic) bond motifs is 2. The van der Waals surface area contributed by atoms with Crippen LogP contribution in [0.1, 0.15) is 25.7 Å². The van der Waals surface area contributed by atoms with E-state index in [9.17, 15) is 9.59 Å². The van der Waals surface area contributed by atoms with Crippen molar-refractivity contribution in [1.82, 2.24) is 0 Å². The van der Waals surface area contributed by atoms with E-state index in [1.54, 1.807) is 12.1 Å². The second-order valence-corrected chi connectivity index (χ2v) is 7.61. The zero-order chi connectivity index (χ0) is 19.1. The van der Waals surface area contributed by atoms with Crippen LogP contribution < -0.4 is 9.64 Å². The van der Waals surface area contributed by atoms with Gasteiger partial charge in [-0.3, -0.25) is 14.5 Å². The van der Waals surface area contributed by atoms with E-state index < -0.39 is 0 Å². The maximum Gasteiger partial charge on any atom is 0.237 e. The average Bonchev–Trinajstić information content (AvgIpc) is 2.99. The highest BCUT2D eigenvalue weighted by Gasteiger charge is 2.48. The number of ether oxygens (including phenoxy) is 1. The summed E-state index contributed by atoms with van der Waals surface area (Å²) in [5.41, 5.74) is 0.635. The number of rotatable bonds is 3. The lowest BCUT2D eigenvalue weighted by molar-refractivity contribution is -0.122. The first-order valence-electron chi connectivity index (χ1n) is 9.85. The van der Waals surface area contributed by atoms with Crippen molar-refractivity contribution in [2.75, 3.05) is 4.90 Å². The monoisotopic (exact) mass is 371 g/mol. The molecular formula is C24H21NO3. The first-order chi connectivity index (χ1) is 13.7.